The predicted molar refractivity (Wildman–Crippen MR) is 74.2 cm³/mol. The van der Waals surface area contributed by atoms with Gasteiger partial charge in [0.25, 0.3) is 0 Å². The number of benzene rings is 2. The lowest BCUT2D eigenvalue weighted by molar-refractivity contribution is 0.953. The van der Waals surface area contributed by atoms with Gasteiger partial charge < -0.3 is 0 Å². The Morgan fingerprint density at radius 2 is 1.06 bits per heavy atom. The molecule has 2 nitrogen and oxygen atoms in total. The molecule has 0 atom stereocenters. The van der Waals surface area contributed by atoms with Gasteiger partial charge in [0.2, 0.25) is 0 Å². The van der Waals surface area contributed by atoms with Crippen LogP contribution in [0.25, 0.3) is 11.0 Å². The first-order valence-corrected chi connectivity index (χ1v) is 7.25. The van der Waals surface area contributed by atoms with Gasteiger partial charge in [0.15, 0.2) is 0 Å². The summed E-state index contributed by atoms with van der Waals surface area (Å²) in [6.45, 7) is 0. The van der Waals surface area contributed by atoms with Crippen LogP contribution >= 0.6 is 23.5 Å². The summed E-state index contributed by atoms with van der Waals surface area (Å²) in [6.07, 6.45) is 0. The average molecular weight is 268 g/mol. The van der Waals surface area contributed by atoms with Crippen LogP contribution in [0.2, 0.25) is 0 Å². The number of nitrogens with zero attached hydrogens (tertiary/aromatic N) is 2. The quantitative estimate of drug-likeness (QED) is 0.476. The molecule has 0 aliphatic carbocycles. The van der Waals surface area contributed by atoms with Crippen LogP contribution in [0.4, 0.5) is 0 Å². The van der Waals surface area contributed by atoms with Crippen molar-refractivity contribution >= 4 is 34.6 Å². The first kappa shape index (κ1) is 10.4. The molecule has 0 amide bonds. The number of fused-ring (bicyclic) bond motifs is 3. The van der Waals surface area contributed by atoms with Crippen molar-refractivity contribution in [3.63, 3.8) is 0 Å². The summed E-state index contributed by atoms with van der Waals surface area (Å²) in [5.74, 6) is 0. The fraction of sp³-hybridized carbons (Fsp3) is 0. The molecule has 0 bridgehead atoms. The summed E-state index contributed by atoms with van der Waals surface area (Å²) < 4.78 is 0. The van der Waals surface area contributed by atoms with E-state index in [1.807, 2.05) is 24.3 Å². The van der Waals surface area contributed by atoms with E-state index in [2.05, 4.69) is 24.3 Å². The highest BCUT2D eigenvalue weighted by Gasteiger charge is 2.19. The van der Waals surface area contributed by atoms with Crippen LogP contribution in [0.3, 0.4) is 0 Å². The molecule has 0 spiro atoms. The molecule has 0 fully saturated rings. The van der Waals surface area contributed by atoms with Crippen LogP contribution in [0.5, 0.6) is 0 Å². The number of aromatic nitrogens is 2. The Hall–Kier alpha value is -1.52. The molecule has 4 rings (SSSR count). The van der Waals surface area contributed by atoms with Crippen LogP contribution in [0.1, 0.15) is 0 Å². The molecule has 0 saturated carbocycles. The fourth-order valence-electron chi connectivity index (χ4n) is 1.93. The summed E-state index contributed by atoms with van der Waals surface area (Å²) >= 11 is 3.41. The molecule has 1 aliphatic heterocycles. The van der Waals surface area contributed by atoms with Gasteiger partial charge in [-0.15, -0.1) is 0 Å². The molecule has 0 saturated heterocycles. The van der Waals surface area contributed by atoms with Crippen molar-refractivity contribution in [2.75, 3.05) is 0 Å². The molecule has 4 heteroatoms. The molecule has 18 heavy (non-hydrogen) atoms. The van der Waals surface area contributed by atoms with E-state index in [1.54, 1.807) is 23.5 Å². The van der Waals surface area contributed by atoms with Crippen molar-refractivity contribution in [1.29, 1.82) is 0 Å². The largest absolute Gasteiger partial charge is 0.237 e. The Kier molecular flexibility index (Phi) is 2.31. The van der Waals surface area contributed by atoms with E-state index >= 15 is 0 Å². The molecule has 3 aromatic rings. The highest BCUT2D eigenvalue weighted by atomic mass is 32.2. The molecule has 0 radical (unpaired) electrons. The van der Waals surface area contributed by atoms with Crippen molar-refractivity contribution in [3.05, 3.63) is 48.5 Å². The lowest BCUT2D eigenvalue weighted by Gasteiger charge is -2.16. The zero-order valence-electron chi connectivity index (χ0n) is 9.33. The topological polar surface area (TPSA) is 25.8 Å². The second-order valence-corrected chi connectivity index (χ2v) is 6.03. The molecule has 2 aromatic carbocycles. The third kappa shape index (κ3) is 1.61. The number of hydrogen-bond donors (Lipinski definition) is 0. The smallest absolute Gasteiger partial charge is 0.134 e. The molecular weight excluding hydrogens is 260 g/mol. The molecule has 2 heterocycles. The molecule has 86 valence electrons. The summed E-state index contributed by atoms with van der Waals surface area (Å²) in [4.78, 5) is 11.9. The average Bonchev–Trinajstić information content (AvgIpc) is 2.42. The van der Waals surface area contributed by atoms with Crippen LogP contribution < -0.4 is 0 Å². The van der Waals surface area contributed by atoms with Gasteiger partial charge in [-0.05, 0) is 24.3 Å². The van der Waals surface area contributed by atoms with Crippen molar-refractivity contribution in [3.8, 4) is 0 Å². The SMILES string of the molecule is c1ccc2c(c1)Sc1nc3ccccc3nc1S2. The third-order valence-electron chi connectivity index (χ3n) is 2.77. The first-order chi connectivity index (χ1) is 8.90. The Bertz CT molecular complexity index is 692. The minimum absolute atomic E-state index is 0.962. The summed E-state index contributed by atoms with van der Waals surface area (Å²) in [5.41, 5.74) is 1.92. The summed E-state index contributed by atoms with van der Waals surface area (Å²) in [6, 6.07) is 16.4. The van der Waals surface area contributed by atoms with E-state index in [9.17, 15) is 0 Å². The summed E-state index contributed by atoms with van der Waals surface area (Å²) in [5, 5.41) is 2.02. The Morgan fingerprint density at radius 1 is 0.611 bits per heavy atom. The van der Waals surface area contributed by atoms with Gasteiger partial charge >= 0.3 is 0 Å². The summed E-state index contributed by atoms with van der Waals surface area (Å²) in [7, 11) is 0. The highest BCUT2D eigenvalue weighted by molar-refractivity contribution is 8.05. The first-order valence-electron chi connectivity index (χ1n) is 5.62. The normalized spacial score (nSPS) is 13.1. The van der Waals surface area contributed by atoms with Crippen molar-refractivity contribution < 1.29 is 0 Å². The zero-order chi connectivity index (χ0) is 11.9. The van der Waals surface area contributed by atoms with Gasteiger partial charge in [-0.3, -0.25) is 0 Å². The van der Waals surface area contributed by atoms with Crippen LogP contribution in [0.15, 0.2) is 68.4 Å². The Morgan fingerprint density at radius 3 is 1.56 bits per heavy atom. The Labute approximate surface area is 113 Å². The van der Waals surface area contributed by atoms with E-state index in [0.29, 0.717) is 0 Å². The van der Waals surface area contributed by atoms with Crippen LogP contribution in [-0.2, 0) is 0 Å². The standard InChI is InChI=1S/C14H8N2S2/c1-2-6-10-9(5-1)15-13-14(16-10)18-12-8-4-3-7-11(12)17-13/h1-8H. The second kappa shape index (κ2) is 4.00. The van der Waals surface area contributed by atoms with Gasteiger partial charge in [0.1, 0.15) is 10.1 Å². The Balaban J connectivity index is 1.92. The number of hydrogen-bond acceptors (Lipinski definition) is 4. The lowest BCUT2D eigenvalue weighted by Crippen LogP contribution is -1.96. The van der Waals surface area contributed by atoms with Crippen molar-refractivity contribution in [2.45, 2.75) is 19.8 Å². The van der Waals surface area contributed by atoms with E-state index in [1.165, 1.54) is 9.79 Å². The van der Waals surface area contributed by atoms with Gasteiger partial charge in [-0.2, -0.15) is 0 Å². The maximum absolute atomic E-state index is 4.69. The molecule has 0 N–H and O–H groups in total. The van der Waals surface area contributed by atoms with Crippen molar-refractivity contribution in [1.82, 2.24) is 9.97 Å². The molecule has 0 unspecified atom stereocenters. The number of rotatable bonds is 0. The minimum Gasteiger partial charge on any atom is -0.237 e. The second-order valence-electron chi connectivity index (χ2n) is 3.97. The van der Waals surface area contributed by atoms with E-state index < -0.39 is 0 Å². The van der Waals surface area contributed by atoms with Crippen LogP contribution in [-0.4, -0.2) is 9.97 Å². The van der Waals surface area contributed by atoms with Gasteiger partial charge in [-0.25, -0.2) is 9.97 Å². The maximum atomic E-state index is 4.69. The monoisotopic (exact) mass is 268 g/mol. The zero-order valence-corrected chi connectivity index (χ0v) is 11.0. The van der Waals surface area contributed by atoms with Gasteiger partial charge in [0, 0.05) is 9.79 Å². The van der Waals surface area contributed by atoms with Crippen molar-refractivity contribution in [2.24, 2.45) is 0 Å². The minimum atomic E-state index is 0.962. The van der Waals surface area contributed by atoms with E-state index in [4.69, 9.17) is 9.97 Å². The lowest BCUT2D eigenvalue weighted by atomic mass is 10.3. The van der Waals surface area contributed by atoms with Gasteiger partial charge in [0.05, 0.1) is 11.0 Å². The number of para-hydroxylation sites is 2. The van der Waals surface area contributed by atoms with Gasteiger partial charge in [-0.1, -0.05) is 47.8 Å². The predicted octanol–water partition coefficient (Wildman–Crippen LogP) is 4.25. The molecular formula is C14H8N2S2. The third-order valence-corrected chi connectivity index (χ3v) is 5.14. The highest BCUT2D eigenvalue weighted by Crippen LogP contribution is 2.46. The molecule has 1 aliphatic rings. The molecule has 1 aromatic heterocycles. The fourth-order valence-corrected chi connectivity index (χ4v) is 4.03. The maximum Gasteiger partial charge on any atom is 0.134 e. The van der Waals surface area contributed by atoms with E-state index in [0.717, 1.165) is 21.1 Å². The van der Waals surface area contributed by atoms with E-state index in [-0.39, 0.29) is 0 Å². The van der Waals surface area contributed by atoms with Crippen LogP contribution in [0, 0.1) is 0 Å².